The quantitative estimate of drug-likeness (QED) is 0.732. The molecular formula is C11H19FN2O. The van der Waals surface area contributed by atoms with E-state index >= 15 is 0 Å². The summed E-state index contributed by atoms with van der Waals surface area (Å²) >= 11 is 0. The molecule has 0 aromatic carbocycles. The molecule has 1 saturated heterocycles. The van der Waals surface area contributed by atoms with E-state index in [-0.39, 0.29) is 18.0 Å². The fraction of sp³-hybridized carbons (Fsp3) is 0.909. The molecule has 1 heterocycles. The SMILES string of the molecule is CC(CC1CC1)NC(=O)[C@H]1C[C@H](F)CN1. The number of carbonyl (C=O) groups is 1. The normalized spacial score (nSPS) is 32.7. The maximum atomic E-state index is 12.8. The second-order valence-electron chi connectivity index (χ2n) is 4.88. The van der Waals surface area contributed by atoms with Crippen LogP contribution < -0.4 is 10.6 Å². The Labute approximate surface area is 89.8 Å². The zero-order valence-corrected chi connectivity index (χ0v) is 9.13. The Kier molecular flexibility index (Phi) is 3.24. The van der Waals surface area contributed by atoms with Crippen molar-refractivity contribution in [3.8, 4) is 0 Å². The van der Waals surface area contributed by atoms with Crippen molar-refractivity contribution in [3.05, 3.63) is 0 Å². The van der Waals surface area contributed by atoms with Gasteiger partial charge in [0.15, 0.2) is 0 Å². The third-order valence-electron chi connectivity index (χ3n) is 3.17. The Bertz CT molecular complexity index is 243. The van der Waals surface area contributed by atoms with Crippen LogP contribution in [0, 0.1) is 5.92 Å². The van der Waals surface area contributed by atoms with E-state index in [1.165, 1.54) is 12.8 Å². The molecule has 86 valence electrons. The first-order valence-corrected chi connectivity index (χ1v) is 5.83. The van der Waals surface area contributed by atoms with Crippen molar-refractivity contribution in [2.75, 3.05) is 6.54 Å². The lowest BCUT2D eigenvalue weighted by Crippen LogP contribution is -2.44. The van der Waals surface area contributed by atoms with Crippen LogP contribution in [0.25, 0.3) is 0 Å². The van der Waals surface area contributed by atoms with Gasteiger partial charge in [-0.25, -0.2) is 4.39 Å². The van der Waals surface area contributed by atoms with Crippen molar-refractivity contribution < 1.29 is 9.18 Å². The van der Waals surface area contributed by atoms with Gasteiger partial charge >= 0.3 is 0 Å². The Morgan fingerprint density at radius 2 is 2.33 bits per heavy atom. The molecule has 0 bridgehead atoms. The fourth-order valence-electron chi connectivity index (χ4n) is 2.15. The number of alkyl halides is 1. The molecule has 1 aliphatic heterocycles. The van der Waals surface area contributed by atoms with Gasteiger partial charge in [-0.3, -0.25) is 4.79 Å². The summed E-state index contributed by atoms with van der Waals surface area (Å²) in [5.41, 5.74) is 0. The molecule has 2 aliphatic rings. The molecule has 0 aromatic rings. The number of carbonyl (C=O) groups excluding carboxylic acids is 1. The van der Waals surface area contributed by atoms with Gasteiger partial charge in [0.1, 0.15) is 6.17 Å². The molecule has 0 spiro atoms. The van der Waals surface area contributed by atoms with E-state index in [0.717, 1.165) is 12.3 Å². The summed E-state index contributed by atoms with van der Waals surface area (Å²) < 4.78 is 12.8. The molecule has 3 nitrogen and oxygen atoms in total. The Balaban J connectivity index is 1.70. The van der Waals surface area contributed by atoms with E-state index in [1.807, 2.05) is 6.92 Å². The van der Waals surface area contributed by atoms with E-state index in [2.05, 4.69) is 10.6 Å². The lowest BCUT2D eigenvalue weighted by atomic mass is 10.1. The Morgan fingerprint density at radius 3 is 2.87 bits per heavy atom. The molecule has 1 amide bonds. The molecule has 0 radical (unpaired) electrons. The topological polar surface area (TPSA) is 41.1 Å². The van der Waals surface area contributed by atoms with E-state index < -0.39 is 6.17 Å². The molecule has 2 rings (SSSR count). The lowest BCUT2D eigenvalue weighted by Gasteiger charge is -2.16. The maximum Gasteiger partial charge on any atom is 0.237 e. The van der Waals surface area contributed by atoms with E-state index in [1.54, 1.807) is 0 Å². The van der Waals surface area contributed by atoms with Crippen LogP contribution in [0.2, 0.25) is 0 Å². The van der Waals surface area contributed by atoms with Crippen molar-refractivity contribution in [2.24, 2.45) is 5.92 Å². The minimum atomic E-state index is -0.862. The Morgan fingerprint density at radius 1 is 1.60 bits per heavy atom. The zero-order valence-electron chi connectivity index (χ0n) is 9.13. The van der Waals surface area contributed by atoms with Gasteiger partial charge in [-0.2, -0.15) is 0 Å². The van der Waals surface area contributed by atoms with Gasteiger partial charge in [-0.05, 0) is 19.3 Å². The second-order valence-corrected chi connectivity index (χ2v) is 4.88. The highest BCUT2D eigenvalue weighted by Gasteiger charge is 2.30. The first kappa shape index (κ1) is 10.9. The molecule has 0 aromatic heterocycles. The van der Waals surface area contributed by atoms with Gasteiger partial charge in [-0.1, -0.05) is 12.8 Å². The number of hydrogen-bond donors (Lipinski definition) is 2. The van der Waals surface area contributed by atoms with E-state index in [9.17, 15) is 9.18 Å². The number of hydrogen-bond acceptors (Lipinski definition) is 2. The van der Waals surface area contributed by atoms with Gasteiger partial charge < -0.3 is 10.6 Å². The first-order chi connectivity index (χ1) is 7.15. The molecule has 1 unspecified atom stereocenters. The van der Waals surface area contributed by atoms with Crippen LogP contribution in [0.4, 0.5) is 4.39 Å². The first-order valence-electron chi connectivity index (χ1n) is 5.83. The van der Waals surface area contributed by atoms with Crippen LogP contribution in [-0.4, -0.2) is 30.7 Å². The summed E-state index contributed by atoms with van der Waals surface area (Å²) in [5, 5.41) is 5.84. The van der Waals surface area contributed by atoms with Gasteiger partial charge in [-0.15, -0.1) is 0 Å². The van der Waals surface area contributed by atoms with Crippen LogP contribution in [0.15, 0.2) is 0 Å². The van der Waals surface area contributed by atoms with Crippen molar-refractivity contribution in [1.82, 2.24) is 10.6 Å². The van der Waals surface area contributed by atoms with E-state index in [0.29, 0.717) is 13.0 Å². The summed E-state index contributed by atoms with van der Waals surface area (Å²) in [6.07, 6.45) is 3.13. The zero-order chi connectivity index (χ0) is 10.8. The predicted octanol–water partition coefficient (Wildman–Crippen LogP) is 0.991. The summed E-state index contributed by atoms with van der Waals surface area (Å²) in [6, 6.07) is -0.0906. The average Bonchev–Trinajstić information content (AvgIpc) is 2.85. The van der Waals surface area contributed by atoms with Crippen LogP contribution >= 0.6 is 0 Å². The fourth-order valence-corrected chi connectivity index (χ4v) is 2.15. The molecule has 15 heavy (non-hydrogen) atoms. The summed E-state index contributed by atoms with van der Waals surface area (Å²) in [7, 11) is 0. The summed E-state index contributed by atoms with van der Waals surface area (Å²) in [6.45, 7) is 2.34. The lowest BCUT2D eigenvalue weighted by molar-refractivity contribution is -0.123. The number of amides is 1. The molecule has 3 atom stereocenters. The van der Waals surface area contributed by atoms with Crippen molar-refractivity contribution >= 4 is 5.91 Å². The highest BCUT2D eigenvalue weighted by atomic mass is 19.1. The van der Waals surface area contributed by atoms with Crippen LogP contribution in [0.3, 0.4) is 0 Å². The number of nitrogens with one attached hydrogen (secondary N) is 2. The monoisotopic (exact) mass is 214 g/mol. The maximum absolute atomic E-state index is 12.8. The highest BCUT2D eigenvalue weighted by Crippen LogP contribution is 2.33. The molecule has 2 fully saturated rings. The van der Waals surface area contributed by atoms with E-state index in [4.69, 9.17) is 0 Å². The highest BCUT2D eigenvalue weighted by molar-refractivity contribution is 5.82. The molecule has 4 heteroatoms. The molecular weight excluding hydrogens is 195 g/mol. The smallest absolute Gasteiger partial charge is 0.237 e. The van der Waals surface area contributed by atoms with Gasteiger partial charge in [0, 0.05) is 19.0 Å². The van der Waals surface area contributed by atoms with Gasteiger partial charge in [0.05, 0.1) is 6.04 Å². The summed E-state index contributed by atoms with van der Waals surface area (Å²) in [5.74, 6) is 0.772. The largest absolute Gasteiger partial charge is 0.352 e. The average molecular weight is 214 g/mol. The minimum absolute atomic E-state index is 0.0386. The van der Waals surface area contributed by atoms with Crippen LogP contribution in [0.5, 0.6) is 0 Å². The van der Waals surface area contributed by atoms with Crippen LogP contribution in [-0.2, 0) is 4.79 Å². The third kappa shape index (κ3) is 3.16. The predicted molar refractivity (Wildman–Crippen MR) is 56.2 cm³/mol. The molecule has 2 N–H and O–H groups in total. The van der Waals surface area contributed by atoms with Gasteiger partial charge in [0.2, 0.25) is 5.91 Å². The van der Waals surface area contributed by atoms with Crippen molar-refractivity contribution in [1.29, 1.82) is 0 Å². The standard InChI is InChI=1S/C11H19FN2O/c1-7(4-8-2-3-8)14-11(15)10-5-9(12)6-13-10/h7-10,13H,2-6H2,1H3,(H,14,15)/t7?,9-,10+/m0/s1. The molecule has 1 saturated carbocycles. The second kappa shape index (κ2) is 4.47. The Hall–Kier alpha value is -0.640. The molecule has 1 aliphatic carbocycles. The number of rotatable bonds is 4. The number of halogens is 1. The van der Waals surface area contributed by atoms with Crippen molar-refractivity contribution in [2.45, 2.75) is 50.9 Å². The van der Waals surface area contributed by atoms with Gasteiger partial charge in [0.25, 0.3) is 0 Å². The summed E-state index contributed by atoms with van der Waals surface area (Å²) in [4.78, 5) is 11.7. The van der Waals surface area contributed by atoms with Crippen molar-refractivity contribution in [3.63, 3.8) is 0 Å². The third-order valence-corrected chi connectivity index (χ3v) is 3.17. The van der Waals surface area contributed by atoms with Crippen LogP contribution in [0.1, 0.15) is 32.6 Å². The minimum Gasteiger partial charge on any atom is -0.352 e.